The van der Waals surface area contributed by atoms with E-state index in [1.807, 2.05) is 24.3 Å². The number of anilines is 1. The van der Waals surface area contributed by atoms with Crippen LogP contribution in [0.15, 0.2) is 80.4 Å². The van der Waals surface area contributed by atoms with Gasteiger partial charge >= 0.3 is 0 Å². The quantitative estimate of drug-likeness (QED) is 0.345. The van der Waals surface area contributed by atoms with Gasteiger partial charge in [0.2, 0.25) is 5.76 Å². The molecule has 1 aromatic heterocycles. The SMILES string of the molecule is O=C1c2oc3ccc(Cl)cc3c(=O)c2[C@@H](c2cccc(Br)c2)N1c1ccc(F)cc1. The number of rotatable bonds is 2. The fraction of sp³-hybridized carbons (Fsp3) is 0.0435. The Labute approximate surface area is 183 Å². The predicted octanol–water partition coefficient (Wildman–Crippen LogP) is 6.10. The molecule has 0 bridgehead atoms. The molecule has 0 saturated carbocycles. The van der Waals surface area contributed by atoms with Gasteiger partial charge in [-0.1, -0.05) is 39.7 Å². The zero-order valence-electron chi connectivity index (χ0n) is 15.2. The van der Waals surface area contributed by atoms with Gasteiger partial charge in [-0.05, 0) is 60.2 Å². The summed E-state index contributed by atoms with van der Waals surface area (Å²) in [7, 11) is 0. The molecule has 0 saturated heterocycles. The van der Waals surface area contributed by atoms with Gasteiger partial charge in [0.15, 0.2) is 5.43 Å². The van der Waals surface area contributed by atoms with Gasteiger partial charge in [-0.3, -0.25) is 14.5 Å². The number of fused-ring (bicyclic) bond motifs is 2. The topological polar surface area (TPSA) is 50.5 Å². The lowest BCUT2D eigenvalue weighted by atomic mass is 9.98. The second kappa shape index (κ2) is 7.07. The van der Waals surface area contributed by atoms with Crippen LogP contribution in [0.5, 0.6) is 0 Å². The Morgan fingerprint density at radius 3 is 2.50 bits per heavy atom. The number of nitrogens with zero attached hydrogens (tertiary/aromatic N) is 1. The minimum absolute atomic E-state index is 0.0240. The molecule has 148 valence electrons. The number of hydrogen-bond acceptors (Lipinski definition) is 3. The average molecular weight is 485 g/mol. The van der Waals surface area contributed by atoms with Crippen molar-refractivity contribution in [3.8, 4) is 0 Å². The number of carbonyl (C=O) groups excluding carboxylic acids is 1. The van der Waals surface area contributed by atoms with E-state index in [2.05, 4.69) is 15.9 Å². The largest absolute Gasteiger partial charge is 0.450 e. The summed E-state index contributed by atoms with van der Waals surface area (Å²) < 4.78 is 20.2. The van der Waals surface area contributed by atoms with E-state index in [-0.39, 0.29) is 22.3 Å². The molecule has 1 aliphatic heterocycles. The van der Waals surface area contributed by atoms with E-state index < -0.39 is 17.8 Å². The van der Waals surface area contributed by atoms with E-state index in [1.54, 1.807) is 12.1 Å². The van der Waals surface area contributed by atoms with Crippen molar-refractivity contribution in [1.29, 1.82) is 0 Å². The van der Waals surface area contributed by atoms with Crippen LogP contribution in [0, 0.1) is 5.82 Å². The van der Waals surface area contributed by atoms with E-state index in [1.165, 1.54) is 35.2 Å². The standard InChI is InChI=1S/C23H12BrClFNO3/c24-13-3-1-2-12(10-13)20-19-21(28)17-11-14(25)4-9-18(17)30-22(19)23(29)27(20)16-7-5-15(26)6-8-16/h1-11,20H/t20-/m1/s1. The van der Waals surface area contributed by atoms with Gasteiger partial charge in [0.25, 0.3) is 5.91 Å². The van der Waals surface area contributed by atoms with Crippen molar-refractivity contribution in [2.24, 2.45) is 0 Å². The highest BCUT2D eigenvalue weighted by Crippen LogP contribution is 2.41. The first-order valence-corrected chi connectivity index (χ1v) is 10.2. The van der Waals surface area contributed by atoms with Gasteiger partial charge < -0.3 is 4.42 Å². The van der Waals surface area contributed by atoms with Crippen LogP contribution in [-0.2, 0) is 0 Å². The average Bonchev–Trinajstić information content (AvgIpc) is 3.02. The molecule has 7 heteroatoms. The number of carbonyl (C=O) groups is 1. The lowest BCUT2D eigenvalue weighted by Gasteiger charge is -2.25. The molecule has 30 heavy (non-hydrogen) atoms. The minimum Gasteiger partial charge on any atom is -0.450 e. The highest BCUT2D eigenvalue weighted by atomic mass is 79.9. The second-order valence-electron chi connectivity index (χ2n) is 6.92. The van der Waals surface area contributed by atoms with Gasteiger partial charge in [0, 0.05) is 15.2 Å². The summed E-state index contributed by atoms with van der Waals surface area (Å²) in [6.45, 7) is 0. The summed E-state index contributed by atoms with van der Waals surface area (Å²) in [5.41, 5.74) is 1.37. The highest BCUT2D eigenvalue weighted by molar-refractivity contribution is 9.10. The summed E-state index contributed by atoms with van der Waals surface area (Å²) in [6, 6.07) is 16.9. The first kappa shape index (κ1) is 19.0. The van der Waals surface area contributed by atoms with Crippen LogP contribution in [0.4, 0.5) is 10.1 Å². The van der Waals surface area contributed by atoms with Gasteiger partial charge in [-0.15, -0.1) is 0 Å². The van der Waals surface area contributed by atoms with E-state index in [9.17, 15) is 14.0 Å². The molecule has 4 nitrogen and oxygen atoms in total. The molecule has 0 fully saturated rings. The first-order chi connectivity index (χ1) is 14.4. The summed E-state index contributed by atoms with van der Waals surface area (Å²) in [5.74, 6) is -0.906. The number of hydrogen-bond donors (Lipinski definition) is 0. The first-order valence-electron chi connectivity index (χ1n) is 9.05. The van der Waals surface area contributed by atoms with Crippen LogP contribution >= 0.6 is 27.5 Å². The Morgan fingerprint density at radius 2 is 1.77 bits per heavy atom. The number of amides is 1. The normalized spacial score (nSPS) is 15.6. The van der Waals surface area contributed by atoms with Crippen LogP contribution in [0.1, 0.15) is 27.7 Å². The van der Waals surface area contributed by atoms with Crippen molar-refractivity contribution in [3.63, 3.8) is 0 Å². The van der Waals surface area contributed by atoms with E-state index in [4.69, 9.17) is 16.0 Å². The van der Waals surface area contributed by atoms with Crippen molar-refractivity contribution in [2.75, 3.05) is 4.90 Å². The molecular formula is C23H12BrClFNO3. The lowest BCUT2D eigenvalue weighted by Crippen LogP contribution is -2.29. The van der Waals surface area contributed by atoms with Crippen molar-refractivity contribution in [1.82, 2.24) is 0 Å². The Hall–Kier alpha value is -2.96. The summed E-state index contributed by atoms with van der Waals surface area (Å²) in [5, 5.41) is 0.698. The molecule has 2 heterocycles. The number of benzene rings is 3. The van der Waals surface area contributed by atoms with Crippen molar-refractivity contribution < 1.29 is 13.6 Å². The molecule has 4 aromatic rings. The maximum Gasteiger partial charge on any atom is 0.295 e. The number of halogens is 3. The van der Waals surface area contributed by atoms with Gasteiger partial charge in [-0.25, -0.2) is 4.39 Å². The maximum absolute atomic E-state index is 13.5. The molecule has 0 N–H and O–H groups in total. The van der Waals surface area contributed by atoms with Crippen LogP contribution in [-0.4, -0.2) is 5.91 Å². The molecule has 0 radical (unpaired) electrons. The van der Waals surface area contributed by atoms with Crippen molar-refractivity contribution in [3.05, 3.63) is 109 Å². The molecule has 0 spiro atoms. The summed E-state index contributed by atoms with van der Waals surface area (Å²) in [6.07, 6.45) is 0. The highest BCUT2D eigenvalue weighted by Gasteiger charge is 2.43. The summed E-state index contributed by atoms with van der Waals surface area (Å²) in [4.78, 5) is 28.3. The van der Waals surface area contributed by atoms with E-state index in [0.717, 1.165) is 10.0 Å². The lowest BCUT2D eigenvalue weighted by molar-refractivity contribution is 0.0971. The van der Waals surface area contributed by atoms with E-state index in [0.29, 0.717) is 16.1 Å². The molecule has 0 unspecified atom stereocenters. The zero-order chi connectivity index (χ0) is 21.0. The second-order valence-corrected chi connectivity index (χ2v) is 8.28. The fourth-order valence-electron chi connectivity index (χ4n) is 3.81. The Morgan fingerprint density at radius 1 is 1.00 bits per heavy atom. The van der Waals surface area contributed by atoms with Crippen molar-refractivity contribution >= 4 is 50.1 Å². The third-order valence-corrected chi connectivity index (χ3v) is 5.83. The van der Waals surface area contributed by atoms with Gasteiger partial charge in [0.05, 0.1) is 17.0 Å². The third kappa shape index (κ3) is 2.95. The van der Waals surface area contributed by atoms with Gasteiger partial charge in [0.1, 0.15) is 11.4 Å². The smallest absolute Gasteiger partial charge is 0.295 e. The molecule has 1 atom stereocenters. The fourth-order valence-corrected chi connectivity index (χ4v) is 4.39. The van der Waals surface area contributed by atoms with Crippen LogP contribution in [0.2, 0.25) is 5.02 Å². The van der Waals surface area contributed by atoms with E-state index >= 15 is 0 Å². The molecule has 0 aliphatic carbocycles. The van der Waals surface area contributed by atoms with Crippen LogP contribution < -0.4 is 10.3 Å². The van der Waals surface area contributed by atoms with Gasteiger partial charge in [-0.2, -0.15) is 0 Å². The Kier molecular flexibility index (Phi) is 4.49. The Balaban J connectivity index is 1.83. The molecular weight excluding hydrogens is 473 g/mol. The monoisotopic (exact) mass is 483 g/mol. The Bertz CT molecular complexity index is 1380. The van der Waals surface area contributed by atoms with Crippen molar-refractivity contribution in [2.45, 2.75) is 6.04 Å². The minimum atomic E-state index is -0.727. The predicted molar refractivity (Wildman–Crippen MR) is 117 cm³/mol. The molecule has 5 rings (SSSR count). The molecule has 1 aliphatic rings. The maximum atomic E-state index is 13.5. The van der Waals surface area contributed by atoms with Crippen LogP contribution in [0.25, 0.3) is 11.0 Å². The third-order valence-electron chi connectivity index (χ3n) is 5.10. The molecule has 3 aromatic carbocycles. The van der Waals surface area contributed by atoms with Crippen LogP contribution in [0.3, 0.4) is 0 Å². The summed E-state index contributed by atoms with van der Waals surface area (Å²) >= 11 is 9.53. The zero-order valence-corrected chi connectivity index (χ0v) is 17.6. The molecule has 1 amide bonds.